The molecule has 20 heavy (non-hydrogen) atoms. The molecule has 0 aromatic heterocycles. The van der Waals surface area contributed by atoms with Gasteiger partial charge < -0.3 is 15.0 Å². The minimum Gasteiger partial charge on any atom is -0.372 e. The molecule has 8 heteroatoms. The van der Waals surface area contributed by atoms with Gasteiger partial charge in [0.1, 0.15) is 6.61 Å². The van der Waals surface area contributed by atoms with Gasteiger partial charge in [-0.3, -0.25) is 9.59 Å². The van der Waals surface area contributed by atoms with Crippen molar-refractivity contribution in [3.05, 3.63) is 0 Å². The number of nitrogens with zero attached hydrogens (tertiary/aromatic N) is 1. The summed E-state index contributed by atoms with van der Waals surface area (Å²) in [5, 5.41) is 2.49. The van der Waals surface area contributed by atoms with Gasteiger partial charge in [0.25, 0.3) is 0 Å². The van der Waals surface area contributed by atoms with Gasteiger partial charge in [-0.2, -0.15) is 13.2 Å². The fourth-order valence-corrected chi connectivity index (χ4v) is 1.87. The molecule has 0 atom stereocenters. The molecule has 116 valence electrons. The lowest BCUT2D eigenvalue weighted by molar-refractivity contribution is -0.174. The van der Waals surface area contributed by atoms with Crippen LogP contribution in [0.1, 0.15) is 25.7 Å². The van der Waals surface area contributed by atoms with Gasteiger partial charge in [0.2, 0.25) is 11.8 Å². The Morgan fingerprint density at radius 3 is 2.40 bits per heavy atom. The summed E-state index contributed by atoms with van der Waals surface area (Å²) in [6, 6.07) is 0. The Hall–Kier alpha value is -1.31. The second-order valence-corrected chi connectivity index (χ2v) is 4.61. The van der Waals surface area contributed by atoms with Gasteiger partial charge in [-0.05, 0) is 12.8 Å². The molecule has 0 radical (unpaired) electrons. The van der Waals surface area contributed by atoms with E-state index in [1.807, 2.05) is 0 Å². The van der Waals surface area contributed by atoms with E-state index < -0.39 is 18.7 Å². The van der Waals surface area contributed by atoms with Crippen LogP contribution in [0.15, 0.2) is 0 Å². The summed E-state index contributed by atoms with van der Waals surface area (Å²) >= 11 is 0. The summed E-state index contributed by atoms with van der Waals surface area (Å²) < 4.78 is 39.6. The summed E-state index contributed by atoms with van der Waals surface area (Å²) in [4.78, 5) is 24.6. The average molecular weight is 296 g/mol. The van der Waals surface area contributed by atoms with Crippen molar-refractivity contribution in [1.82, 2.24) is 10.2 Å². The van der Waals surface area contributed by atoms with E-state index in [2.05, 4.69) is 10.1 Å². The molecule has 1 rings (SSSR count). The highest BCUT2D eigenvalue weighted by atomic mass is 19.4. The Balaban J connectivity index is 2.01. The standard InChI is InChI=1S/C12H19F3N2O3/c13-12(14,15)9-20-8-4-10(18)16-5-3-11(19)17-6-1-2-7-17/h1-9H2,(H,16,18). The Morgan fingerprint density at radius 2 is 1.80 bits per heavy atom. The molecule has 1 N–H and O–H groups in total. The van der Waals surface area contributed by atoms with Crippen LogP contribution in [-0.2, 0) is 14.3 Å². The first kappa shape index (κ1) is 16.7. The maximum absolute atomic E-state index is 11.8. The number of halogens is 3. The first-order valence-electron chi connectivity index (χ1n) is 6.57. The van der Waals surface area contributed by atoms with E-state index in [4.69, 9.17) is 0 Å². The van der Waals surface area contributed by atoms with Crippen molar-refractivity contribution in [2.24, 2.45) is 0 Å². The zero-order chi connectivity index (χ0) is 15.0. The molecular formula is C12H19F3N2O3. The summed E-state index contributed by atoms with van der Waals surface area (Å²) in [6.45, 7) is 0.0860. The molecular weight excluding hydrogens is 277 g/mol. The number of rotatable bonds is 7. The molecule has 0 bridgehead atoms. The number of hydrogen-bond acceptors (Lipinski definition) is 3. The smallest absolute Gasteiger partial charge is 0.372 e. The average Bonchev–Trinajstić information content (AvgIpc) is 2.87. The van der Waals surface area contributed by atoms with Gasteiger partial charge in [0, 0.05) is 32.5 Å². The molecule has 5 nitrogen and oxygen atoms in total. The number of amides is 2. The van der Waals surface area contributed by atoms with Gasteiger partial charge in [0.15, 0.2) is 0 Å². The van der Waals surface area contributed by atoms with Crippen molar-refractivity contribution in [2.75, 3.05) is 32.8 Å². The zero-order valence-electron chi connectivity index (χ0n) is 11.2. The van der Waals surface area contributed by atoms with Gasteiger partial charge in [-0.25, -0.2) is 0 Å². The fraction of sp³-hybridized carbons (Fsp3) is 0.833. The number of alkyl halides is 3. The third-order valence-corrected chi connectivity index (χ3v) is 2.86. The molecule has 1 aliphatic heterocycles. The Kier molecular flexibility index (Phi) is 6.77. The van der Waals surface area contributed by atoms with E-state index in [1.54, 1.807) is 4.90 Å². The van der Waals surface area contributed by atoms with Crippen LogP contribution in [0.2, 0.25) is 0 Å². The first-order chi connectivity index (χ1) is 9.38. The monoisotopic (exact) mass is 296 g/mol. The van der Waals surface area contributed by atoms with Crippen molar-refractivity contribution in [3.63, 3.8) is 0 Å². The molecule has 1 saturated heterocycles. The zero-order valence-corrected chi connectivity index (χ0v) is 11.2. The van der Waals surface area contributed by atoms with Gasteiger partial charge in [-0.1, -0.05) is 0 Å². The fourth-order valence-electron chi connectivity index (χ4n) is 1.87. The summed E-state index contributed by atoms with van der Waals surface area (Å²) in [7, 11) is 0. The molecule has 0 saturated carbocycles. The minimum absolute atomic E-state index is 0.00359. The van der Waals surface area contributed by atoms with E-state index in [0.717, 1.165) is 25.9 Å². The van der Waals surface area contributed by atoms with Crippen molar-refractivity contribution in [3.8, 4) is 0 Å². The van der Waals surface area contributed by atoms with Crippen LogP contribution in [0.25, 0.3) is 0 Å². The molecule has 0 aromatic carbocycles. The number of hydrogen-bond donors (Lipinski definition) is 1. The van der Waals surface area contributed by atoms with Crippen LogP contribution < -0.4 is 5.32 Å². The molecule has 0 unspecified atom stereocenters. The highest BCUT2D eigenvalue weighted by molar-refractivity contribution is 5.79. The van der Waals surface area contributed by atoms with Crippen molar-refractivity contribution in [1.29, 1.82) is 0 Å². The van der Waals surface area contributed by atoms with Gasteiger partial charge in [-0.15, -0.1) is 0 Å². The Morgan fingerprint density at radius 1 is 1.15 bits per heavy atom. The van der Waals surface area contributed by atoms with Gasteiger partial charge >= 0.3 is 6.18 Å². The van der Waals surface area contributed by atoms with Crippen LogP contribution >= 0.6 is 0 Å². The molecule has 1 heterocycles. The van der Waals surface area contributed by atoms with E-state index in [-0.39, 0.29) is 31.9 Å². The first-order valence-corrected chi connectivity index (χ1v) is 6.57. The summed E-state index contributed by atoms with van der Waals surface area (Å²) in [5.41, 5.74) is 0. The van der Waals surface area contributed by atoms with Crippen LogP contribution in [0.3, 0.4) is 0 Å². The van der Waals surface area contributed by atoms with Crippen LogP contribution in [0.5, 0.6) is 0 Å². The predicted molar refractivity (Wildman–Crippen MR) is 64.9 cm³/mol. The third kappa shape index (κ3) is 7.32. The number of ether oxygens (including phenoxy) is 1. The number of carbonyl (C=O) groups excluding carboxylic acids is 2. The van der Waals surface area contributed by atoms with Crippen molar-refractivity contribution >= 4 is 11.8 Å². The van der Waals surface area contributed by atoms with E-state index in [9.17, 15) is 22.8 Å². The topological polar surface area (TPSA) is 58.6 Å². The van der Waals surface area contributed by atoms with E-state index in [1.165, 1.54) is 0 Å². The SMILES string of the molecule is O=C(CCOCC(F)(F)F)NCCC(=O)N1CCCC1. The van der Waals surface area contributed by atoms with Crippen molar-refractivity contribution < 1.29 is 27.5 Å². The highest BCUT2D eigenvalue weighted by Crippen LogP contribution is 2.14. The van der Waals surface area contributed by atoms with Crippen LogP contribution in [0, 0.1) is 0 Å². The summed E-state index contributed by atoms with van der Waals surface area (Å²) in [5.74, 6) is -0.419. The number of nitrogens with one attached hydrogen (secondary N) is 1. The molecule has 0 aliphatic carbocycles. The largest absolute Gasteiger partial charge is 0.411 e. The summed E-state index contributed by atoms with van der Waals surface area (Å²) in [6.07, 6.45) is -2.29. The maximum Gasteiger partial charge on any atom is 0.411 e. The lowest BCUT2D eigenvalue weighted by atomic mass is 10.3. The molecule has 2 amide bonds. The number of likely N-dealkylation sites (tertiary alicyclic amines) is 1. The molecule has 1 aliphatic rings. The second kappa shape index (κ2) is 8.08. The highest BCUT2D eigenvalue weighted by Gasteiger charge is 2.27. The van der Waals surface area contributed by atoms with Crippen LogP contribution in [-0.4, -0.2) is 55.7 Å². The third-order valence-electron chi connectivity index (χ3n) is 2.86. The quantitative estimate of drug-likeness (QED) is 0.715. The normalized spacial score (nSPS) is 15.4. The molecule has 0 spiro atoms. The van der Waals surface area contributed by atoms with E-state index >= 15 is 0 Å². The predicted octanol–water partition coefficient (Wildman–Crippen LogP) is 1.08. The van der Waals surface area contributed by atoms with Gasteiger partial charge in [0.05, 0.1) is 6.61 Å². The van der Waals surface area contributed by atoms with Crippen molar-refractivity contribution in [2.45, 2.75) is 31.9 Å². The van der Waals surface area contributed by atoms with E-state index in [0.29, 0.717) is 0 Å². The Bertz CT molecular complexity index is 328. The lowest BCUT2D eigenvalue weighted by Gasteiger charge is -2.15. The number of carbonyl (C=O) groups is 2. The molecule has 1 fully saturated rings. The lowest BCUT2D eigenvalue weighted by Crippen LogP contribution is -2.33. The molecule has 0 aromatic rings. The van der Waals surface area contributed by atoms with Crippen LogP contribution in [0.4, 0.5) is 13.2 Å². The minimum atomic E-state index is -4.38. The maximum atomic E-state index is 11.8. The Labute approximate surface area is 115 Å². The second-order valence-electron chi connectivity index (χ2n) is 4.61.